The lowest BCUT2D eigenvalue weighted by Gasteiger charge is -2.19. The minimum absolute atomic E-state index is 0.497. The second-order valence-electron chi connectivity index (χ2n) is 4.30. The van der Waals surface area contributed by atoms with Crippen molar-refractivity contribution < 1.29 is 4.74 Å². The Morgan fingerprint density at radius 2 is 2.12 bits per heavy atom. The summed E-state index contributed by atoms with van der Waals surface area (Å²) in [4.78, 5) is 0. The van der Waals surface area contributed by atoms with Crippen LogP contribution in [0.5, 0.6) is 5.75 Å². The molecule has 2 N–H and O–H groups in total. The maximum atomic E-state index is 6.07. The summed E-state index contributed by atoms with van der Waals surface area (Å²) >= 11 is 6.07. The maximum Gasteiger partial charge on any atom is 0.122 e. The summed E-state index contributed by atoms with van der Waals surface area (Å²) in [6, 6.07) is 5.84. The van der Waals surface area contributed by atoms with Gasteiger partial charge in [-0.15, -0.1) is 0 Å². The van der Waals surface area contributed by atoms with Crippen LogP contribution in [-0.4, -0.2) is 13.7 Å². The SMILES string of the molecule is CCCC(CCCN)c1cc(Cl)ccc1OC. The molecule has 0 bridgehead atoms. The molecular weight excluding hydrogens is 234 g/mol. The first-order valence-electron chi connectivity index (χ1n) is 6.26. The predicted molar refractivity (Wildman–Crippen MR) is 73.9 cm³/mol. The largest absolute Gasteiger partial charge is 0.496 e. The van der Waals surface area contributed by atoms with Crippen molar-refractivity contribution in [2.24, 2.45) is 5.73 Å². The van der Waals surface area contributed by atoms with E-state index in [0.717, 1.165) is 43.0 Å². The molecule has 0 fully saturated rings. The minimum atomic E-state index is 0.497. The first-order valence-corrected chi connectivity index (χ1v) is 6.64. The van der Waals surface area contributed by atoms with Crippen LogP contribution in [0.25, 0.3) is 0 Å². The van der Waals surface area contributed by atoms with Crippen LogP contribution in [0.3, 0.4) is 0 Å². The van der Waals surface area contributed by atoms with Gasteiger partial charge in [-0.25, -0.2) is 0 Å². The fraction of sp³-hybridized carbons (Fsp3) is 0.571. The van der Waals surface area contributed by atoms with Gasteiger partial charge in [0.15, 0.2) is 0 Å². The highest BCUT2D eigenvalue weighted by atomic mass is 35.5. The molecule has 0 aliphatic rings. The van der Waals surface area contributed by atoms with Crippen molar-refractivity contribution in [3.8, 4) is 5.75 Å². The molecule has 3 heteroatoms. The Bertz CT molecular complexity index is 341. The van der Waals surface area contributed by atoms with Crippen LogP contribution >= 0.6 is 11.6 Å². The van der Waals surface area contributed by atoms with Gasteiger partial charge >= 0.3 is 0 Å². The summed E-state index contributed by atoms with van der Waals surface area (Å²) in [5.41, 5.74) is 6.81. The summed E-state index contributed by atoms with van der Waals surface area (Å²) in [5, 5.41) is 0.773. The molecule has 96 valence electrons. The van der Waals surface area contributed by atoms with Gasteiger partial charge in [0, 0.05) is 5.02 Å². The van der Waals surface area contributed by atoms with Crippen LogP contribution in [0, 0.1) is 0 Å². The van der Waals surface area contributed by atoms with E-state index in [0.29, 0.717) is 5.92 Å². The quantitative estimate of drug-likeness (QED) is 0.800. The van der Waals surface area contributed by atoms with Crippen molar-refractivity contribution >= 4 is 11.6 Å². The summed E-state index contributed by atoms with van der Waals surface area (Å²) in [6.45, 7) is 2.94. The minimum Gasteiger partial charge on any atom is -0.496 e. The molecule has 2 nitrogen and oxygen atoms in total. The van der Waals surface area contributed by atoms with Gasteiger partial charge < -0.3 is 10.5 Å². The molecule has 1 unspecified atom stereocenters. The van der Waals surface area contributed by atoms with E-state index in [-0.39, 0.29) is 0 Å². The van der Waals surface area contributed by atoms with Crippen molar-refractivity contribution in [2.75, 3.05) is 13.7 Å². The topological polar surface area (TPSA) is 35.2 Å². The molecule has 0 aliphatic carbocycles. The van der Waals surface area contributed by atoms with E-state index in [4.69, 9.17) is 22.1 Å². The monoisotopic (exact) mass is 255 g/mol. The molecule has 17 heavy (non-hydrogen) atoms. The second kappa shape index (κ2) is 7.57. The van der Waals surface area contributed by atoms with Crippen molar-refractivity contribution in [3.05, 3.63) is 28.8 Å². The number of halogens is 1. The van der Waals surface area contributed by atoms with Crippen LogP contribution in [0.4, 0.5) is 0 Å². The summed E-state index contributed by atoms with van der Waals surface area (Å²) in [7, 11) is 1.71. The fourth-order valence-electron chi connectivity index (χ4n) is 2.19. The lowest BCUT2D eigenvalue weighted by atomic mass is 9.89. The summed E-state index contributed by atoms with van der Waals surface area (Å²) in [5.74, 6) is 1.43. The molecule has 0 aromatic heterocycles. The Labute approximate surface area is 109 Å². The van der Waals surface area contributed by atoms with Crippen LogP contribution in [-0.2, 0) is 0 Å². The fourth-order valence-corrected chi connectivity index (χ4v) is 2.37. The number of hydrogen-bond acceptors (Lipinski definition) is 2. The van der Waals surface area contributed by atoms with Crippen molar-refractivity contribution in [1.29, 1.82) is 0 Å². The van der Waals surface area contributed by atoms with E-state index < -0.39 is 0 Å². The molecule has 0 aliphatic heterocycles. The van der Waals surface area contributed by atoms with E-state index in [1.807, 2.05) is 18.2 Å². The van der Waals surface area contributed by atoms with E-state index in [1.54, 1.807) is 7.11 Å². The van der Waals surface area contributed by atoms with Gasteiger partial charge in [0.1, 0.15) is 5.75 Å². The molecule has 0 saturated heterocycles. The molecule has 1 atom stereocenters. The summed E-state index contributed by atoms with van der Waals surface area (Å²) < 4.78 is 5.42. The van der Waals surface area contributed by atoms with Crippen molar-refractivity contribution in [3.63, 3.8) is 0 Å². The number of benzene rings is 1. The molecule has 0 amide bonds. The highest BCUT2D eigenvalue weighted by Gasteiger charge is 2.15. The lowest BCUT2D eigenvalue weighted by molar-refractivity contribution is 0.400. The van der Waals surface area contributed by atoms with Crippen LogP contribution in [0.1, 0.15) is 44.1 Å². The smallest absolute Gasteiger partial charge is 0.122 e. The molecule has 1 aromatic rings. The maximum absolute atomic E-state index is 6.07. The zero-order valence-corrected chi connectivity index (χ0v) is 11.5. The number of nitrogens with two attached hydrogens (primary N) is 1. The first-order chi connectivity index (χ1) is 8.22. The van der Waals surface area contributed by atoms with E-state index in [9.17, 15) is 0 Å². The molecule has 0 heterocycles. The standard InChI is InChI=1S/C14H22ClNO/c1-3-5-11(6-4-9-16)13-10-12(15)7-8-14(13)17-2/h7-8,10-11H,3-6,9,16H2,1-2H3. The van der Waals surface area contributed by atoms with Gasteiger partial charge in [-0.05, 0) is 55.5 Å². The zero-order chi connectivity index (χ0) is 12.7. The first kappa shape index (κ1) is 14.3. The number of hydrogen-bond donors (Lipinski definition) is 1. The Morgan fingerprint density at radius 3 is 2.71 bits per heavy atom. The van der Waals surface area contributed by atoms with E-state index in [2.05, 4.69) is 6.92 Å². The van der Waals surface area contributed by atoms with Gasteiger partial charge in [-0.1, -0.05) is 24.9 Å². The van der Waals surface area contributed by atoms with Crippen LogP contribution in [0.15, 0.2) is 18.2 Å². The Kier molecular flexibility index (Phi) is 6.38. The van der Waals surface area contributed by atoms with E-state index >= 15 is 0 Å². The average molecular weight is 256 g/mol. The molecule has 1 rings (SSSR count). The number of methoxy groups -OCH3 is 1. The number of rotatable bonds is 7. The third-order valence-electron chi connectivity index (χ3n) is 3.03. The molecule has 0 spiro atoms. The highest BCUT2D eigenvalue weighted by Crippen LogP contribution is 2.34. The lowest BCUT2D eigenvalue weighted by Crippen LogP contribution is -2.06. The van der Waals surface area contributed by atoms with Gasteiger partial charge in [-0.2, -0.15) is 0 Å². The van der Waals surface area contributed by atoms with Gasteiger partial charge in [0.25, 0.3) is 0 Å². The molecule has 0 saturated carbocycles. The zero-order valence-electron chi connectivity index (χ0n) is 10.7. The predicted octanol–water partition coefficient (Wildman–Crippen LogP) is 3.97. The Balaban J connectivity index is 2.93. The van der Waals surface area contributed by atoms with Gasteiger partial charge in [0.2, 0.25) is 0 Å². The molecular formula is C14H22ClNO. The van der Waals surface area contributed by atoms with E-state index in [1.165, 1.54) is 5.56 Å². The molecule has 1 aromatic carbocycles. The van der Waals surface area contributed by atoms with Crippen molar-refractivity contribution in [2.45, 2.75) is 38.5 Å². The number of ether oxygens (including phenoxy) is 1. The normalized spacial score (nSPS) is 12.5. The highest BCUT2D eigenvalue weighted by molar-refractivity contribution is 6.30. The van der Waals surface area contributed by atoms with Crippen LogP contribution in [0.2, 0.25) is 5.02 Å². The van der Waals surface area contributed by atoms with Gasteiger partial charge in [-0.3, -0.25) is 0 Å². The Morgan fingerprint density at radius 1 is 1.35 bits per heavy atom. The second-order valence-corrected chi connectivity index (χ2v) is 4.74. The van der Waals surface area contributed by atoms with Crippen LogP contribution < -0.4 is 10.5 Å². The third kappa shape index (κ3) is 4.21. The average Bonchev–Trinajstić information content (AvgIpc) is 2.34. The Hall–Kier alpha value is -0.730. The molecule has 0 radical (unpaired) electrons. The summed E-state index contributed by atoms with van der Waals surface area (Å²) in [6.07, 6.45) is 4.45. The van der Waals surface area contributed by atoms with Crippen molar-refractivity contribution in [1.82, 2.24) is 0 Å². The third-order valence-corrected chi connectivity index (χ3v) is 3.26. The van der Waals surface area contributed by atoms with Gasteiger partial charge in [0.05, 0.1) is 7.11 Å².